The summed E-state index contributed by atoms with van der Waals surface area (Å²) in [6.07, 6.45) is 6.89. The Morgan fingerprint density at radius 3 is 3.11 bits per heavy atom. The van der Waals surface area contributed by atoms with Crippen LogP contribution in [-0.4, -0.2) is 27.9 Å². The quantitative estimate of drug-likeness (QED) is 0.770. The first-order chi connectivity index (χ1) is 9.31. The summed E-state index contributed by atoms with van der Waals surface area (Å²) in [5, 5.41) is 3.20. The molecule has 5 heteroatoms. The third-order valence-corrected chi connectivity index (χ3v) is 5.67. The molecule has 2 aromatic rings. The molecule has 2 aromatic heterocycles. The number of rotatable bonds is 2. The fourth-order valence-electron chi connectivity index (χ4n) is 2.78. The minimum atomic E-state index is 0.558. The largest absolute Gasteiger partial charge is 0.352 e. The average molecular weight is 340 g/mol. The molecule has 0 bridgehead atoms. The molecule has 1 unspecified atom stereocenters. The molecular formula is C14H18BrN3S. The molecule has 1 aliphatic heterocycles. The van der Waals surface area contributed by atoms with Crippen LogP contribution in [0, 0.1) is 6.92 Å². The molecule has 19 heavy (non-hydrogen) atoms. The highest BCUT2D eigenvalue weighted by molar-refractivity contribution is 9.09. The number of halogens is 1. The second-order valence-electron chi connectivity index (χ2n) is 5.14. The number of aryl methyl sites for hydroxylation is 1. The van der Waals surface area contributed by atoms with Crippen molar-refractivity contribution in [2.45, 2.75) is 38.6 Å². The summed E-state index contributed by atoms with van der Waals surface area (Å²) in [6.45, 7) is 3.24. The summed E-state index contributed by atoms with van der Waals surface area (Å²) in [7, 11) is 0. The minimum Gasteiger partial charge on any atom is -0.352 e. The van der Waals surface area contributed by atoms with Crippen molar-refractivity contribution in [3.05, 3.63) is 17.3 Å². The van der Waals surface area contributed by atoms with Crippen LogP contribution in [0.2, 0.25) is 0 Å². The van der Waals surface area contributed by atoms with Gasteiger partial charge in [0.2, 0.25) is 0 Å². The lowest BCUT2D eigenvalue weighted by Gasteiger charge is -2.30. The van der Waals surface area contributed by atoms with E-state index in [1.165, 1.54) is 35.9 Å². The van der Waals surface area contributed by atoms with E-state index in [-0.39, 0.29) is 0 Å². The number of fused-ring (bicyclic) bond motifs is 1. The zero-order valence-corrected chi connectivity index (χ0v) is 13.5. The summed E-state index contributed by atoms with van der Waals surface area (Å²) < 4.78 is 1.24. The van der Waals surface area contributed by atoms with Crippen LogP contribution in [0.15, 0.2) is 11.7 Å². The fourth-order valence-corrected chi connectivity index (χ4v) is 4.46. The molecule has 0 amide bonds. The first-order valence-electron chi connectivity index (χ1n) is 6.82. The molecule has 0 aliphatic carbocycles. The Labute approximate surface area is 126 Å². The molecule has 1 aliphatic rings. The van der Waals surface area contributed by atoms with Crippen LogP contribution in [0.3, 0.4) is 0 Å². The maximum absolute atomic E-state index is 4.59. The van der Waals surface area contributed by atoms with Crippen molar-refractivity contribution in [3.63, 3.8) is 0 Å². The lowest BCUT2D eigenvalue weighted by Crippen LogP contribution is -2.36. The van der Waals surface area contributed by atoms with E-state index < -0.39 is 0 Å². The fraction of sp³-hybridized carbons (Fsp3) is 0.571. The second-order valence-corrected chi connectivity index (χ2v) is 6.67. The van der Waals surface area contributed by atoms with Crippen LogP contribution >= 0.6 is 27.3 Å². The number of aromatic nitrogens is 2. The zero-order chi connectivity index (χ0) is 13.2. The van der Waals surface area contributed by atoms with E-state index in [0.29, 0.717) is 6.04 Å². The van der Waals surface area contributed by atoms with Crippen molar-refractivity contribution in [3.8, 4) is 0 Å². The molecule has 3 heterocycles. The molecular weight excluding hydrogens is 322 g/mol. The van der Waals surface area contributed by atoms with Crippen LogP contribution < -0.4 is 4.90 Å². The SMILES string of the molecule is Cc1csc2c(N3CCCCCC3CBr)ncnc12. The summed E-state index contributed by atoms with van der Waals surface area (Å²) in [5.41, 5.74) is 2.38. The third-order valence-electron chi connectivity index (χ3n) is 3.84. The molecule has 1 atom stereocenters. The van der Waals surface area contributed by atoms with Crippen LogP contribution in [0.4, 0.5) is 5.82 Å². The summed E-state index contributed by atoms with van der Waals surface area (Å²) in [5.74, 6) is 1.13. The van der Waals surface area contributed by atoms with E-state index in [1.54, 1.807) is 17.7 Å². The predicted octanol–water partition coefficient (Wildman–Crippen LogP) is 4.14. The van der Waals surface area contributed by atoms with Gasteiger partial charge >= 0.3 is 0 Å². The van der Waals surface area contributed by atoms with Crippen molar-refractivity contribution in [2.75, 3.05) is 16.8 Å². The minimum absolute atomic E-state index is 0.558. The highest BCUT2D eigenvalue weighted by atomic mass is 79.9. The van der Waals surface area contributed by atoms with Gasteiger partial charge in [-0.15, -0.1) is 11.3 Å². The highest BCUT2D eigenvalue weighted by Crippen LogP contribution is 2.33. The average Bonchev–Trinajstić information content (AvgIpc) is 2.68. The Hall–Kier alpha value is -0.680. The number of hydrogen-bond donors (Lipinski definition) is 0. The summed E-state index contributed by atoms with van der Waals surface area (Å²) in [4.78, 5) is 11.5. The van der Waals surface area contributed by atoms with Gasteiger partial charge in [0.1, 0.15) is 12.1 Å². The van der Waals surface area contributed by atoms with Gasteiger partial charge in [-0.1, -0.05) is 28.8 Å². The topological polar surface area (TPSA) is 29.0 Å². The van der Waals surface area contributed by atoms with Crippen molar-refractivity contribution < 1.29 is 0 Å². The molecule has 1 fully saturated rings. The van der Waals surface area contributed by atoms with E-state index >= 15 is 0 Å². The maximum atomic E-state index is 4.59. The summed E-state index contributed by atoms with van der Waals surface area (Å²) in [6, 6.07) is 0.558. The van der Waals surface area contributed by atoms with Crippen molar-refractivity contribution in [1.82, 2.24) is 9.97 Å². The van der Waals surface area contributed by atoms with Gasteiger partial charge in [0.15, 0.2) is 0 Å². The van der Waals surface area contributed by atoms with Crippen molar-refractivity contribution in [1.29, 1.82) is 0 Å². The predicted molar refractivity (Wildman–Crippen MR) is 85.5 cm³/mol. The third kappa shape index (κ3) is 2.50. The maximum Gasteiger partial charge on any atom is 0.150 e. The van der Waals surface area contributed by atoms with Gasteiger partial charge in [-0.05, 0) is 30.7 Å². The molecule has 0 aromatic carbocycles. The number of alkyl halides is 1. The Balaban J connectivity index is 2.06. The molecule has 0 N–H and O–H groups in total. The van der Waals surface area contributed by atoms with Crippen LogP contribution in [-0.2, 0) is 0 Å². The molecule has 0 radical (unpaired) electrons. The van der Waals surface area contributed by atoms with Crippen molar-refractivity contribution in [2.24, 2.45) is 0 Å². The van der Waals surface area contributed by atoms with Gasteiger partial charge in [-0.25, -0.2) is 9.97 Å². The molecule has 0 spiro atoms. The molecule has 102 valence electrons. The zero-order valence-electron chi connectivity index (χ0n) is 11.1. The number of anilines is 1. The van der Waals surface area contributed by atoms with Gasteiger partial charge in [-0.2, -0.15) is 0 Å². The monoisotopic (exact) mass is 339 g/mol. The summed E-state index contributed by atoms with van der Waals surface area (Å²) >= 11 is 5.44. The smallest absolute Gasteiger partial charge is 0.150 e. The second kappa shape index (κ2) is 5.75. The van der Waals surface area contributed by atoms with Crippen LogP contribution in [0.5, 0.6) is 0 Å². The van der Waals surface area contributed by atoms with E-state index in [4.69, 9.17) is 0 Å². The normalized spacial score (nSPS) is 20.7. The van der Waals surface area contributed by atoms with Gasteiger partial charge in [-0.3, -0.25) is 0 Å². The van der Waals surface area contributed by atoms with Crippen LogP contribution in [0.1, 0.15) is 31.2 Å². The van der Waals surface area contributed by atoms with E-state index in [1.807, 2.05) is 0 Å². The van der Waals surface area contributed by atoms with Crippen LogP contribution in [0.25, 0.3) is 10.2 Å². The Kier molecular flexibility index (Phi) is 4.03. The first-order valence-corrected chi connectivity index (χ1v) is 8.83. The van der Waals surface area contributed by atoms with E-state index in [0.717, 1.165) is 23.2 Å². The molecule has 3 nitrogen and oxygen atoms in total. The molecule has 3 rings (SSSR count). The number of nitrogens with zero attached hydrogens (tertiary/aromatic N) is 3. The number of hydrogen-bond acceptors (Lipinski definition) is 4. The standard InChI is InChI=1S/C14H18BrN3S/c1-10-8-19-13-12(10)16-9-17-14(13)18-6-4-2-3-5-11(18)7-15/h8-9,11H,2-7H2,1H3. The van der Waals surface area contributed by atoms with E-state index in [2.05, 4.69) is 43.1 Å². The Morgan fingerprint density at radius 2 is 2.26 bits per heavy atom. The number of thiophene rings is 1. The van der Waals surface area contributed by atoms with Crippen molar-refractivity contribution >= 4 is 43.3 Å². The van der Waals surface area contributed by atoms with Gasteiger partial charge in [0.05, 0.1) is 10.2 Å². The lowest BCUT2D eigenvalue weighted by atomic mass is 10.1. The molecule has 1 saturated heterocycles. The highest BCUT2D eigenvalue weighted by Gasteiger charge is 2.23. The first kappa shape index (κ1) is 13.3. The molecule has 0 saturated carbocycles. The van der Waals surface area contributed by atoms with Gasteiger partial charge in [0, 0.05) is 17.9 Å². The lowest BCUT2D eigenvalue weighted by molar-refractivity contribution is 0.623. The van der Waals surface area contributed by atoms with Gasteiger partial charge < -0.3 is 4.90 Å². The Bertz CT molecular complexity index is 569. The van der Waals surface area contributed by atoms with E-state index in [9.17, 15) is 0 Å². The Morgan fingerprint density at radius 1 is 1.37 bits per heavy atom. The van der Waals surface area contributed by atoms with Gasteiger partial charge in [0.25, 0.3) is 0 Å².